The van der Waals surface area contributed by atoms with Crippen LogP contribution in [0.15, 0.2) is 22.7 Å². The number of Topliss-reactive ketones (excluding diaryl/α,β-unsaturated/α-hetero) is 1. The van der Waals surface area contributed by atoms with Crippen LogP contribution in [0.3, 0.4) is 0 Å². The quantitative estimate of drug-likeness (QED) is 0.751. The van der Waals surface area contributed by atoms with Gasteiger partial charge in [-0.1, -0.05) is 28.8 Å². The average Bonchev–Trinajstić information content (AvgIpc) is 2.82. The molecule has 1 heterocycles. The third-order valence-corrected chi connectivity index (χ3v) is 5.15. The standard InChI is InChI=1S/C16H20BrNO/c1-11(19)14-7-6-13(17)10-16(14)18-9-8-12-4-2-3-5-15(12)18/h6-7,10,12,15H,2-5,8-9H2,1H3. The molecule has 2 aliphatic rings. The number of fused-ring (bicyclic) bond motifs is 1. The molecule has 1 saturated carbocycles. The highest BCUT2D eigenvalue weighted by molar-refractivity contribution is 9.10. The predicted molar refractivity (Wildman–Crippen MR) is 81.9 cm³/mol. The third-order valence-electron chi connectivity index (χ3n) is 4.66. The SMILES string of the molecule is CC(=O)c1ccc(Br)cc1N1CCC2CCCCC21. The van der Waals surface area contributed by atoms with Crippen molar-refractivity contribution in [1.82, 2.24) is 0 Å². The number of benzene rings is 1. The van der Waals surface area contributed by atoms with Gasteiger partial charge in [0.2, 0.25) is 0 Å². The summed E-state index contributed by atoms with van der Waals surface area (Å²) < 4.78 is 1.06. The van der Waals surface area contributed by atoms with E-state index in [1.807, 2.05) is 12.1 Å². The second-order valence-corrected chi connectivity index (χ2v) is 6.73. The highest BCUT2D eigenvalue weighted by Crippen LogP contribution is 2.40. The largest absolute Gasteiger partial charge is 0.368 e. The number of nitrogens with zero attached hydrogens (tertiary/aromatic N) is 1. The molecule has 2 unspecified atom stereocenters. The van der Waals surface area contributed by atoms with Crippen LogP contribution in [0, 0.1) is 5.92 Å². The summed E-state index contributed by atoms with van der Waals surface area (Å²) in [7, 11) is 0. The summed E-state index contributed by atoms with van der Waals surface area (Å²) in [5.41, 5.74) is 2.01. The van der Waals surface area contributed by atoms with Crippen LogP contribution in [0.25, 0.3) is 0 Å². The van der Waals surface area contributed by atoms with Crippen LogP contribution in [0.4, 0.5) is 5.69 Å². The summed E-state index contributed by atoms with van der Waals surface area (Å²) in [5, 5.41) is 0. The maximum Gasteiger partial charge on any atom is 0.161 e. The van der Waals surface area contributed by atoms with Crippen molar-refractivity contribution in [2.24, 2.45) is 5.92 Å². The average molecular weight is 322 g/mol. The number of carbonyl (C=O) groups is 1. The van der Waals surface area contributed by atoms with Crippen molar-refractivity contribution in [3.8, 4) is 0 Å². The Bertz CT molecular complexity index is 500. The van der Waals surface area contributed by atoms with Crippen LogP contribution in [-0.2, 0) is 0 Å². The van der Waals surface area contributed by atoms with E-state index in [9.17, 15) is 4.79 Å². The van der Waals surface area contributed by atoms with Gasteiger partial charge in [0.15, 0.2) is 5.78 Å². The van der Waals surface area contributed by atoms with Crippen LogP contribution in [-0.4, -0.2) is 18.4 Å². The van der Waals surface area contributed by atoms with E-state index in [2.05, 4.69) is 26.9 Å². The molecule has 1 aromatic rings. The van der Waals surface area contributed by atoms with Crippen molar-refractivity contribution >= 4 is 27.4 Å². The normalized spacial score (nSPS) is 26.3. The Labute approximate surface area is 123 Å². The molecular formula is C16H20BrNO. The molecule has 102 valence electrons. The molecule has 2 nitrogen and oxygen atoms in total. The zero-order valence-corrected chi connectivity index (χ0v) is 12.9. The lowest BCUT2D eigenvalue weighted by molar-refractivity contribution is 0.101. The first kappa shape index (κ1) is 13.2. The van der Waals surface area contributed by atoms with Crippen molar-refractivity contribution in [2.75, 3.05) is 11.4 Å². The van der Waals surface area contributed by atoms with E-state index >= 15 is 0 Å². The lowest BCUT2D eigenvalue weighted by Crippen LogP contribution is -2.35. The molecule has 19 heavy (non-hydrogen) atoms. The van der Waals surface area contributed by atoms with Gasteiger partial charge in [0, 0.05) is 28.3 Å². The van der Waals surface area contributed by atoms with Crippen molar-refractivity contribution in [3.63, 3.8) is 0 Å². The minimum atomic E-state index is 0.168. The van der Waals surface area contributed by atoms with E-state index in [0.717, 1.165) is 28.2 Å². The molecule has 0 radical (unpaired) electrons. The maximum atomic E-state index is 11.9. The zero-order chi connectivity index (χ0) is 13.4. The maximum absolute atomic E-state index is 11.9. The Morgan fingerprint density at radius 1 is 1.26 bits per heavy atom. The lowest BCUT2D eigenvalue weighted by atomic mass is 9.85. The van der Waals surface area contributed by atoms with Gasteiger partial charge in [-0.05, 0) is 50.3 Å². The molecule has 3 heteroatoms. The van der Waals surface area contributed by atoms with E-state index in [1.165, 1.54) is 32.1 Å². The van der Waals surface area contributed by atoms with Crippen LogP contribution < -0.4 is 4.90 Å². The number of anilines is 1. The number of rotatable bonds is 2. The zero-order valence-electron chi connectivity index (χ0n) is 11.4. The Hall–Kier alpha value is -0.830. The third kappa shape index (κ3) is 2.45. The number of hydrogen-bond acceptors (Lipinski definition) is 2. The summed E-state index contributed by atoms with van der Waals surface area (Å²) in [6, 6.07) is 6.70. The molecule has 0 bridgehead atoms. The van der Waals surface area contributed by atoms with Crippen LogP contribution in [0.2, 0.25) is 0 Å². The molecule has 0 N–H and O–H groups in total. The van der Waals surface area contributed by atoms with Gasteiger partial charge in [0.25, 0.3) is 0 Å². The molecule has 1 aromatic carbocycles. The first-order valence-corrected chi connectivity index (χ1v) is 8.03. The molecule has 1 aliphatic heterocycles. The molecule has 1 aliphatic carbocycles. The van der Waals surface area contributed by atoms with Gasteiger partial charge in [-0.25, -0.2) is 0 Å². The van der Waals surface area contributed by atoms with Crippen molar-refractivity contribution < 1.29 is 4.79 Å². The fourth-order valence-corrected chi connectivity index (χ4v) is 4.09. The topological polar surface area (TPSA) is 20.3 Å². The Kier molecular flexibility index (Phi) is 3.66. The second kappa shape index (κ2) is 5.28. The van der Waals surface area contributed by atoms with Crippen molar-refractivity contribution in [3.05, 3.63) is 28.2 Å². The molecule has 2 atom stereocenters. The van der Waals surface area contributed by atoms with E-state index in [0.29, 0.717) is 6.04 Å². The number of hydrogen-bond donors (Lipinski definition) is 0. The predicted octanol–water partition coefficient (Wildman–Crippen LogP) is 4.42. The van der Waals surface area contributed by atoms with Crippen LogP contribution >= 0.6 is 15.9 Å². The molecule has 0 aromatic heterocycles. The first-order chi connectivity index (χ1) is 9.16. The highest BCUT2D eigenvalue weighted by Gasteiger charge is 2.36. The number of ketones is 1. The van der Waals surface area contributed by atoms with Gasteiger partial charge in [0.05, 0.1) is 0 Å². The van der Waals surface area contributed by atoms with Crippen LogP contribution in [0.5, 0.6) is 0 Å². The van der Waals surface area contributed by atoms with Gasteiger partial charge < -0.3 is 4.90 Å². The summed E-state index contributed by atoms with van der Waals surface area (Å²) in [4.78, 5) is 14.3. The van der Waals surface area contributed by atoms with Crippen molar-refractivity contribution in [2.45, 2.75) is 45.1 Å². The molecule has 0 amide bonds. The minimum Gasteiger partial charge on any atom is -0.368 e. The molecular weight excluding hydrogens is 302 g/mol. The summed E-state index contributed by atoms with van der Waals surface area (Å²) in [6.07, 6.45) is 6.65. The minimum absolute atomic E-state index is 0.168. The van der Waals surface area contributed by atoms with Gasteiger partial charge >= 0.3 is 0 Å². The fraction of sp³-hybridized carbons (Fsp3) is 0.562. The Morgan fingerprint density at radius 2 is 2.05 bits per heavy atom. The number of carbonyl (C=O) groups excluding carboxylic acids is 1. The van der Waals surface area contributed by atoms with Crippen LogP contribution in [0.1, 0.15) is 49.4 Å². The van der Waals surface area contributed by atoms with Gasteiger partial charge in [-0.3, -0.25) is 4.79 Å². The first-order valence-electron chi connectivity index (χ1n) is 7.24. The summed E-state index contributed by atoms with van der Waals surface area (Å²) >= 11 is 3.54. The monoisotopic (exact) mass is 321 g/mol. The van der Waals surface area contributed by atoms with Crippen molar-refractivity contribution in [1.29, 1.82) is 0 Å². The van der Waals surface area contributed by atoms with E-state index < -0.39 is 0 Å². The summed E-state index contributed by atoms with van der Waals surface area (Å²) in [6.45, 7) is 2.77. The van der Waals surface area contributed by atoms with E-state index in [-0.39, 0.29) is 5.78 Å². The summed E-state index contributed by atoms with van der Waals surface area (Å²) in [5.74, 6) is 1.01. The molecule has 3 rings (SSSR count). The molecule has 0 spiro atoms. The highest BCUT2D eigenvalue weighted by atomic mass is 79.9. The fourth-order valence-electron chi connectivity index (χ4n) is 3.75. The second-order valence-electron chi connectivity index (χ2n) is 5.81. The van der Waals surface area contributed by atoms with Gasteiger partial charge in [-0.2, -0.15) is 0 Å². The molecule has 2 fully saturated rings. The number of halogens is 1. The molecule has 1 saturated heterocycles. The lowest BCUT2D eigenvalue weighted by Gasteiger charge is -2.34. The van der Waals surface area contributed by atoms with E-state index in [4.69, 9.17) is 0 Å². The smallest absolute Gasteiger partial charge is 0.161 e. The van der Waals surface area contributed by atoms with E-state index in [1.54, 1.807) is 6.92 Å². The Balaban J connectivity index is 1.97. The van der Waals surface area contributed by atoms with Gasteiger partial charge in [-0.15, -0.1) is 0 Å². The Morgan fingerprint density at radius 3 is 2.84 bits per heavy atom. The van der Waals surface area contributed by atoms with Gasteiger partial charge in [0.1, 0.15) is 0 Å².